The molecule has 0 aliphatic carbocycles. The van der Waals surface area contributed by atoms with Crippen LogP contribution in [0.5, 0.6) is 0 Å². The van der Waals surface area contributed by atoms with Gasteiger partial charge in [-0.05, 0) is 18.6 Å². The van der Waals surface area contributed by atoms with Gasteiger partial charge in [-0.1, -0.05) is 19.1 Å². The second kappa shape index (κ2) is 5.50. The van der Waals surface area contributed by atoms with Gasteiger partial charge in [-0.15, -0.1) is 0 Å². The van der Waals surface area contributed by atoms with Crippen molar-refractivity contribution in [3.05, 3.63) is 24.3 Å². The summed E-state index contributed by atoms with van der Waals surface area (Å²) in [6, 6.07) is 8.09. The number of rotatable bonds is 5. The maximum atomic E-state index is 5.82. The zero-order valence-corrected chi connectivity index (χ0v) is 8.79. The van der Waals surface area contributed by atoms with Crippen LogP contribution in [0.15, 0.2) is 24.3 Å². The molecule has 14 heavy (non-hydrogen) atoms. The highest BCUT2D eigenvalue weighted by Crippen LogP contribution is 2.18. The summed E-state index contributed by atoms with van der Waals surface area (Å²) in [5, 5.41) is 3.35. The molecule has 0 amide bonds. The quantitative estimate of drug-likeness (QED) is 0.706. The normalized spacial score (nSPS) is 12.4. The average molecular weight is 194 g/mol. The number of methoxy groups -OCH3 is 1. The lowest BCUT2D eigenvalue weighted by Crippen LogP contribution is -2.24. The minimum atomic E-state index is 0.324. The van der Waals surface area contributed by atoms with Gasteiger partial charge in [-0.25, -0.2) is 0 Å². The van der Waals surface area contributed by atoms with Gasteiger partial charge in [0.25, 0.3) is 0 Å². The molecule has 1 unspecified atom stereocenters. The Kier molecular flexibility index (Phi) is 4.26. The first-order valence-electron chi connectivity index (χ1n) is 4.88. The first kappa shape index (κ1) is 10.9. The maximum Gasteiger partial charge on any atom is 0.0663 e. The number of anilines is 2. The SMILES string of the molecule is CCC(COC)Nc1ccccc1N. The second-order valence-corrected chi connectivity index (χ2v) is 3.29. The van der Waals surface area contributed by atoms with E-state index in [9.17, 15) is 0 Å². The first-order valence-corrected chi connectivity index (χ1v) is 4.88. The molecule has 0 aliphatic rings. The average Bonchev–Trinajstić information content (AvgIpc) is 2.20. The van der Waals surface area contributed by atoms with E-state index < -0.39 is 0 Å². The third-order valence-electron chi connectivity index (χ3n) is 2.18. The Morgan fingerprint density at radius 2 is 2.14 bits per heavy atom. The van der Waals surface area contributed by atoms with Crippen LogP contribution < -0.4 is 11.1 Å². The Morgan fingerprint density at radius 3 is 2.71 bits per heavy atom. The first-order chi connectivity index (χ1) is 6.77. The molecular weight excluding hydrogens is 176 g/mol. The standard InChI is InChI=1S/C11H18N2O/c1-3-9(8-14-2)13-11-7-5-4-6-10(11)12/h4-7,9,13H,3,8,12H2,1-2H3. The smallest absolute Gasteiger partial charge is 0.0663 e. The molecule has 3 N–H and O–H groups in total. The third kappa shape index (κ3) is 2.92. The van der Waals surface area contributed by atoms with Crippen molar-refractivity contribution < 1.29 is 4.74 Å². The maximum absolute atomic E-state index is 5.82. The van der Waals surface area contributed by atoms with E-state index in [1.165, 1.54) is 0 Å². The number of ether oxygens (including phenoxy) is 1. The topological polar surface area (TPSA) is 47.3 Å². The molecular formula is C11H18N2O. The van der Waals surface area contributed by atoms with Crippen molar-refractivity contribution >= 4 is 11.4 Å². The van der Waals surface area contributed by atoms with Gasteiger partial charge in [0.05, 0.1) is 18.0 Å². The van der Waals surface area contributed by atoms with Crippen LogP contribution >= 0.6 is 0 Å². The van der Waals surface area contributed by atoms with E-state index in [1.807, 2.05) is 24.3 Å². The summed E-state index contributed by atoms with van der Waals surface area (Å²) >= 11 is 0. The summed E-state index contributed by atoms with van der Waals surface area (Å²) in [5.41, 5.74) is 7.58. The van der Waals surface area contributed by atoms with Gasteiger partial charge in [0.15, 0.2) is 0 Å². The highest BCUT2D eigenvalue weighted by molar-refractivity contribution is 5.65. The van der Waals surface area contributed by atoms with Crippen molar-refractivity contribution in [3.8, 4) is 0 Å². The van der Waals surface area contributed by atoms with Crippen molar-refractivity contribution in [1.82, 2.24) is 0 Å². The van der Waals surface area contributed by atoms with Gasteiger partial charge < -0.3 is 15.8 Å². The molecule has 1 aromatic rings. The number of hydrogen-bond acceptors (Lipinski definition) is 3. The van der Waals surface area contributed by atoms with E-state index in [0.29, 0.717) is 12.6 Å². The molecule has 0 aliphatic heterocycles. The van der Waals surface area contributed by atoms with Crippen LogP contribution in [-0.4, -0.2) is 19.8 Å². The molecule has 0 heterocycles. The molecule has 0 aromatic heterocycles. The summed E-state index contributed by atoms with van der Waals surface area (Å²) in [5.74, 6) is 0. The van der Waals surface area contributed by atoms with Gasteiger partial charge in [0.1, 0.15) is 0 Å². The van der Waals surface area contributed by atoms with Crippen molar-refractivity contribution in [1.29, 1.82) is 0 Å². The molecule has 0 radical (unpaired) electrons. The Morgan fingerprint density at radius 1 is 1.43 bits per heavy atom. The molecule has 1 aromatic carbocycles. The van der Waals surface area contributed by atoms with Crippen LogP contribution in [-0.2, 0) is 4.74 Å². The van der Waals surface area contributed by atoms with Crippen molar-refractivity contribution in [2.24, 2.45) is 0 Å². The number of nitrogen functional groups attached to an aromatic ring is 1. The summed E-state index contributed by atoms with van der Waals surface area (Å²) in [7, 11) is 1.71. The van der Waals surface area contributed by atoms with Crippen LogP contribution in [0.2, 0.25) is 0 Å². The largest absolute Gasteiger partial charge is 0.397 e. The predicted molar refractivity (Wildman–Crippen MR) is 60.4 cm³/mol. The van der Waals surface area contributed by atoms with Crippen LogP contribution in [0.25, 0.3) is 0 Å². The van der Waals surface area contributed by atoms with Crippen molar-refractivity contribution in [2.75, 3.05) is 24.8 Å². The molecule has 1 atom stereocenters. The molecule has 0 saturated carbocycles. The molecule has 0 fully saturated rings. The Bertz CT molecular complexity index is 276. The lowest BCUT2D eigenvalue weighted by atomic mass is 10.2. The number of para-hydroxylation sites is 2. The van der Waals surface area contributed by atoms with Gasteiger partial charge >= 0.3 is 0 Å². The van der Waals surface area contributed by atoms with Crippen molar-refractivity contribution in [3.63, 3.8) is 0 Å². The molecule has 78 valence electrons. The molecule has 3 heteroatoms. The van der Waals surface area contributed by atoms with Gasteiger partial charge in [-0.2, -0.15) is 0 Å². The Hall–Kier alpha value is -1.22. The van der Waals surface area contributed by atoms with Gasteiger partial charge in [-0.3, -0.25) is 0 Å². The number of hydrogen-bond donors (Lipinski definition) is 2. The fourth-order valence-corrected chi connectivity index (χ4v) is 1.31. The highest BCUT2D eigenvalue weighted by atomic mass is 16.5. The zero-order valence-electron chi connectivity index (χ0n) is 8.79. The van der Waals surface area contributed by atoms with E-state index in [2.05, 4.69) is 12.2 Å². The Labute approximate surface area is 85.3 Å². The van der Waals surface area contributed by atoms with E-state index in [1.54, 1.807) is 7.11 Å². The molecule has 0 saturated heterocycles. The fraction of sp³-hybridized carbons (Fsp3) is 0.455. The summed E-state index contributed by atoms with van der Waals surface area (Å²) in [4.78, 5) is 0. The second-order valence-electron chi connectivity index (χ2n) is 3.29. The number of nitrogens with one attached hydrogen (secondary N) is 1. The lowest BCUT2D eigenvalue weighted by Gasteiger charge is -2.18. The van der Waals surface area contributed by atoms with E-state index >= 15 is 0 Å². The van der Waals surface area contributed by atoms with Gasteiger partial charge in [0, 0.05) is 13.2 Å². The van der Waals surface area contributed by atoms with Gasteiger partial charge in [0.2, 0.25) is 0 Å². The van der Waals surface area contributed by atoms with E-state index in [4.69, 9.17) is 10.5 Å². The minimum absolute atomic E-state index is 0.324. The molecule has 1 rings (SSSR count). The molecule has 3 nitrogen and oxygen atoms in total. The monoisotopic (exact) mass is 194 g/mol. The van der Waals surface area contributed by atoms with Crippen LogP contribution in [0, 0.1) is 0 Å². The Balaban J connectivity index is 2.62. The van der Waals surface area contributed by atoms with Crippen LogP contribution in [0.1, 0.15) is 13.3 Å². The number of nitrogens with two attached hydrogens (primary N) is 1. The number of benzene rings is 1. The molecule has 0 spiro atoms. The molecule has 0 bridgehead atoms. The third-order valence-corrected chi connectivity index (χ3v) is 2.18. The summed E-state index contributed by atoms with van der Waals surface area (Å²) in [6.45, 7) is 2.82. The van der Waals surface area contributed by atoms with Crippen LogP contribution in [0.4, 0.5) is 11.4 Å². The van der Waals surface area contributed by atoms with Crippen molar-refractivity contribution in [2.45, 2.75) is 19.4 Å². The zero-order chi connectivity index (χ0) is 10.4. The summed E-state index contributed by atoms with van der Waals surface area (Å²) in [6.07, 6.45) is 1.02. The summed E-state index contributed by atoms with van der Waals surface area (Å²) < 4.78 is 5.10. The fourth-order valence-electron chi connectivity index (χ4n) is 1.31. The highest BCUT2D eigenvalue weighted by Gasteiger charge is 2.06. The minimum Gasteiger partial charge on any atom is -0.397 e. The van der Waals surface area contributed by atoms with E-state index in [0.717, 1.165) is 17.8 Å². The lowest BCUT2D eigenvalue weighted by molar-refractivity contribution is 0.184. The predicted octanol–water partition coefficient (Wildman–Crippen LogP) is 2.11. The van der Waals surface area contributed by atoms with Crippen LogP contribution in [0.3, 0.4) is 0 Å². The van der Waals surface area contributed by atoms with E-state index in [-0.39, 0.29) is 0 Å².